The van der Waals surface area contributed by atoms with Gasteiger partial charge in [0.25, 0.3) is 5.91 Å². The van der Waals surface area contributed by atoms with Crippen molar-refractivity contribution in [1.82, 2.24) is 15.1 Å². The van der Waals surface area contributed by atoms with Gasteiger partial charge in [-0.15, -0.1) is 0 Å². The van der Waals surface area contributed by atoms with Gasteiger partial charge in [-0.3, -0.25) is 4.79 Å². The second kappa shape index (κ2) is 8.92. The molecular weight excluding hydrogens is 396 g/mol. The van der Waals surface area contributed by atoms with E-state index >= 15 is 0 Å². The van der Waals surface area contributed by atoms with Gasteiger partial charge in [0.2, 0.25) is 0 Å². The standard InChI is InChI=1S/C24H27ClN4O/c1-17(2)23-21(16-27-29(23)20-10-7-9-19(25)14-20)24(30)26-15-18-8-3-4-11-22(18)28-12-5-6-13-28/h3-4,7-11,14,16-17H,5-6,12-13,15H2,1-2H3,(H,26,30). The third-order valence-corrected chi connectivity index (χ3v) is 5.76. The molecule has 1 fully saturated rings. The number of nitrogens with one attached hydrogen (secondary N) is 1. The number of halogens is 1. The molecule has 3 aromatic rings. The molecule has 0 radical (unpaired) electrons. The lowest BCUT2D eigenvalue weighted by molar-refractivity contribution is 0.0949. The zero-order valence-electron chi connectivity index (χ0n) is 17.4. The van der Waals surface area contributed by atoms with Gasteiger partial charge >= 0.3 is 0 Å². The molecule has 0 spiro atoms. The number of carbonyl (C=O) groups excluding carboxylic acids is 1. The highest BCUT2D eigenvalue weighted by Gasteiger charge is 2.22. The van der Waals surface area contributed by atoms with Crippen molar-refractivity contribution >= 4 is 23.2 Å². The molecule has 1 saturated heterocycles. The molecule has 0 aliphatic carbocycles. The van der Waals surface area contributed by atoms with Gasteiger partial charge < -0.3 is 10.2 Å². The molecule has 1 aliphatic rings. The Bertz CT molecular complexity index is 1040. The minimum Gasteiger partial charge on any atom is -0.371 e. The Morgan fingerprint density at radius 2 is 1.90 bits per heavy atom. The lowest BCUT2D eigenvalue weighted by atomic mass is 10.0. The fraction of sp³-hybridized carbons (Fsp3) is 0.333. The molecule has 2 aromatic carbocycles. The SMILES string of the molecule is CC(C)c1c(C(=O)NCc2ccccc2N2CCCC2)cnn1-c1cccc(Cl)c1. The zero-order chi connectivity index (χ0) is 21.1. The Labute approximate surface area is 182 Å². The molecule has 2 heterocycles. The van der Waals surface area contributed by atoms with Gasteiger partial charge in [0.05, 0.1) is 23.1 Å². The van der Waals surface area contributed by atoms with Crippen LogP contribution in [0.25, 0.3) is 5.69 Å². The zero-order valence-corrected chi connectivity index (χ0v) is 18.2. The summed E-state index contributed by atoms with van der Waals surface area (Å²) in [5, 5.41) is 8.24. The van der Waals surface area contributed by atoms with E-state index in [4.69, 9.17) is 11.6 Å². The number of hydrogen-bond donors (Lipinski definition) is 1. The molecule has 5 nitrogen and oxygen atoms in total. The van der Waals surface area contributed by atoms with E-state index in [0.29, 0.717) is 17.1 Å². The van der Waals surface area contributed by atoms with Crippen LogP contribution in [0.3, 0.4) is 0 Å². The van der Waals surface area contributed by atoms with Gasteiger partial charge in [-0.1, -0.05) is 49.7 Å². The van der Waals surface area contributed by atoms with Crippen LogP contribution in [0.4, 0.5) is 5.69 Å². The van der Waals surface area contributed by atoms with Crippen LogP contribution in [-0.4, -0.2) is 28.8 Å². The summed E-state index contributed by atoms with van der Waals surface area (Å²) in [6.07, 6.45) is 4.10. The van der Waals surface area contributed by atoms with E-state index < -0.39 is 0 Å². The Morgan fingerprint density at radius 3 is 2.63 bits per heavy atom. The number of rotatable bonds is 6. The topological polar surface area (TPSA) is 50.2 Å². The van der Waals surface area contributed by atoms with Crippen LogP contribution in [0.2, 0.25) is 5.02 Å². The number of para-hydroxylation sites is 1. The second-order valence-corrected chi connectivity index (χ2v) is 8.43. The molecule has 0 saturated carbocycles. The van der Waals surface area contributed by atoms with Crippen molar-refractivity contribution in [3.05, 3.63) is 76.6 Å². The highest BCUT2D eigenvalue weighted by molar-refractivity contribution is 6.30. The molecule has 0 atom stereocenters. The lowest BCUT2D eigenvalue weighted by Gasteiger charge is -2.21. The summed E-state index contributed by atoms with van der Waals surface area (Å²) in [5.41, 5.74) is 4.69. The molecule has 1 aliphatic heterocycles. The highest BCUT2D eigenvalue weighted by atomic mass is 35.5. The van der Waals surface area contributed by atoms with Crippen molar-refractivity contribution in [3.63, 3.8) is 0 Å². The van der Waals surface area contributed by atoms with Crippen molar-refractivity contribution < 1.29 is 4.79 Å². The number of aromatic nitrogens is 2. The average Bonchev–Trinajstić information content (AvgIpc) is 3.42. The van der Waals surface area contributed by atoms with Gasteiger partial charge in [-0.05, 0) is 48.6 Å². The lowest BCUT2D eigenvalue weighted by Crippen LogP contribution is -2.26. The minimum absolute atomic E-state index is 0.108. The second-order valence-electron chi connectivity index (χ2n) is 8.00. The molecular formula is C24H27ClN4O. The summed E-state index contributed by atoms with van der Waals surface area (Å²) in [6, 6.07) is 15.8. The summed E-state index contributed by atoms with van der Waals surface area (Å²) in [5.74, 6) is 0.0207. The molecule has 0 bridgehead atoms. The highest BCUT2D eigenvalue weighted by Crippen LogP contribution is 2.26. The largest absolute Gasteiger partial charge is 0.371 e. The van der Waals surface area contributed by atoms with Crippen LogP contribution in [0.1, 0.15) is 54.2 Å². The van der Waals surface area contributed by atoms with Crippen LogP contribution >= 0.6 is 11.6 Å². The predicted octanol–water partition coefficient (Wildman–Crippen LogP) is 5.18. The smallest absolute Gasteiger partial charge is 0.255 e. The molecule has 6 heteroatoms. The fourth-order valence-electron chi connectivity index (χ4n) is 4.10. The minimum atomic E-state index is -0.108. The maximum atomic E-state index is 13.1. The van der Waals surface area contributed by atoms with Gasteiger partial charge in [0, 0.05) is 30.3 Å². The Balaban J connectivity index is 1.56. The summed E-state index contributed by atoms with van der Waals surface area (Å²) >= 11 is 6.16. The third kappa shape index (κ3) is 4.21. The van der Waals surface area contributed by atoms with Crippen LogP contribution in [0.15, 0.2) is 54.7 Å². The number of anilines is 1. The first kappa shape index (κ1) is 20.5. The van der Waals surface area contributed by atoms with E-state index in [0.717, 1.165) is 30.0 Å². The number of hydrogen-bond acceptors (Lipinski definition) is 3. The van der Waals surface area contributed by atoms with Gasteiger partial charge in [-0.2, -0.15) is 5.10 Å². The first-order valence-corrected chi connectivity index (χ1v) is 10.9. The molecule has 30 heavy (non-hydrogen) atoms. The summed E-state index contributed by atoms with van der Waals surface area (Å²) < 4.78 is 1.81. The van der Waals surface area contributed by atoms with Crippen LogP contribution in [0.5, 0.6) is 0 Å². The molecule has 1 amide bonds. The third-order valence-electron chi connectivity index (χ3n) is 5.53. The first-order valence-electron chi connectivity index (χ1n) is 10.5. The van der Waals surface area contributed by atoms with Gasteiger partial charge in [0.15, 0.2) is 0 Å². The van der Waals surface area contributed by atoms with E-state index in [2.05, 4.69) is 47.4 Å². The monoisotopic (exact) mass is 422 g/mol. The summed E-state index contributed by atoms with van der Waals surface area (Å²) in [4.78, 5) is 15.5. The number of nitrogens with zero attached hydrogens (tertiary/aromatic N) is 3. The maximum absolute atomic E-state index is 13.1. The molecule has 1 aromatic heterocycles. The summed E-state index contributed by atoms with van der Waals surface area (Å²) in [6.45, 7) is 6.78. The quantitative estimate of drug-likeness (QED) is 0.595. The van der Waals surface area contributed by atoms with Gasteiger partial charge in [-0.25, -0.2) is 4.68 Å². The van der Waals surface area contributed by atoms with Gasteiger partial charge in [0.1, 0.15) is 0 Å². The molecule has 4 rings (SSSR count). The van der Waals surface area contributed by atoms with Crippen molar-refractivity contribution in [3.8, 4) is 5.69 Å². The first-order chi connectivity index (χ1) is 14.5. The molecule has 156 valence electrons. The predicted molar refractivity (Wildman–Crippen MR) is 122 cm³/mol. The number of carbonyl (C=O) groups is 1. The number of benzene rings is 2. The van der Waals surface area contributed by atoms with Crippen LogP contribution < -0.4 is 10.2 Å². The van der Waals surface area contributed by atoms with Crippen LogP contribution in [-0.2, 0) is 6.54 Å². The Morgan fingerprint density at radius 1 is 1.13 bits per heavy atom. The molecule has 0 unspecified atom stereocenters. The van der Waals surface area contributed by atoms with Crippen molar-refractivity contribution in [2.75, 3.05) is 18.0 Å². The normalized spacial score (nSPS) is 13.8. The average molecular weight is 423 g/mol. The Kier molecular flexibility index (Phi) is 6.09. The maximum Gasteiger partial charge on any atom is 0.255 e. The van der Waals surface area contributed by atoms with Crippen molar-refractivity contribution in [1.29, 1.82) is 0 Å². The van der Waals surface area contributed by atoms with Crippen LogP contribution in [0, 0.1) is 0 Å². The number of amides is 1. The summed E-state index contributed by atoms with van der Waals surface area (Å²) in [7, 11) is 0. The van der Waals surface area contributed by atoms with E-state index in [9.17, 15) is 4.79 Å². The van der Waals surface area contributed by atoms with E-state index in [1.807, 2.05) is 35.0 Å². The fourth-order valence-corrected chi connectivity index (χ4v) is 4.28. The molecule has 1 N–H and O–H groups in total. The van der Waals surface area contributed by atoms with E-state index in [1.165, 1.54) is 18.5 Å². The Hall–Kier alpha value is -2.79. The van der Waals surface area contributed by atoms with E-state index in [1.54, 1.807) is 6.20 Å². The van der Waals surface area contributed by atoms with Crippen molar-refractivity contribution in [2.24, 2.45) is 0 Å². The van der Waals surface area contributed by atoms with E-state index in [-0.39, 0.29) is 11.8 Å². The van der Waals surface area contributed by atoms with Crippen molar-refractivity contribution in [2.45, 2.75) is 39.2 Å².